The van der Waals surface area contributed by atoms with Crippen molar-refractivity contribution in [3.05, 3.63) is 82.6 Å². The second kappa shape index (κ2) is 9.36. The highest BCUT2D eigenvalue weighted by molar-refractivity contribution is 7.10. The Bertz CT molecular complexity index is 941. The van der Waals surface area contributed by atoms with E-state index in [2.05, 4.69) is 44.5 Å². The summed E-state index contributed by atoms with van der Waals surface area (Å²) in [5.41, 5.74) is 1.66. The summed E-state index contributed by atoms with van der Waals surface area (Å²) in [5.74, 6) is -0.301. The van der Waals surface area contributed by atoms with Crippen LogP contribution in [-0.2, 0) is 0 Å². The summed E-state index contributed by atoms with van der Waals surface area (Å²) >= 11 is 1.72. The lowest BCUT2D eigenvalue weighted by atomic mass is 10.0. The van der Waals surface area contributed by atoms with Crippen molar-refractivity contribution in [2.45, 2.75) is 19.0 Å². The van der Waals surface area contributed by atoms with E-state index in [0.717, 1.165) is 31.9 Å². The molecule has 0 unspecified atom stereocenters. The van der Waals surface area contributed by atoms with Crippen LogP contribution in [0.25, 0.3) is 0 Å². The summed E-state index contributed by atoms with van der Waals surface area (Å²) in [4.78, 5) is 22.6. The van der Waals surface area contributed by atoms with Crippen LogP contribution in [0.5, 0.6) is 0 Å². The van der Waals surface area contributed by atoms with Crippen molar-refractivity contribution in [3.8, 4) is 0 Å². The van der Waals surface area contributed by atoms with Gasteiger partial charge in [0.15, 0.2) is 0 Å². The summed E-state index contributed by atoms with van der Waals surface area (Å²) in [6.07, 6.45) is 3.26. The van der Waals surface area contributed by atoms with Gasteiger partial charge in [-0.2, -0.15) is 0 Å². The zero-order valence-corrected chi connectivity index (χ0v) is 17.7. The first kappa shape index (κ1) is 20.5. The maximum Gasteiger partial charge on any atom is 0.251 e. The van der Waals surface area contributed by atoms with E-state index in [1.54, 1.807) is 35.9 Å². The Morgan fingerprint density at radius 3 is 2.40 bits per heavy atom. The molecule has 3 heterocycles. The minimum Gasteiger partial charge on any atom is -0.369 e. The van der Waals surface area contributed by atoms with Crippen molar-refractivity contribution >= 4 is 22.9 Å². The van der Waals surface area contributed by atoms with Crippen molar-refractivity contribution in [2.75, 3.05) is 31.1 Å². The van der Waals surface area contributed by atoms with Gasteiger partial charge in [0.05, 0.1) is 6.04 Å². The molecule has 1 saturated heterocycles. The van der Waals surface area contributed by atoms with E-state index in [1.165, 1.54) is 17.0 Å². The Labute approximate surface area is 180 Å². The Kier molecular flexibility index (Phi) is 6.40. The number of anilines is 1. The number of piperazine rings is 1. The van der Waals surface area contributed by atoms with Gasteiger partial charge in [-0.15, -0.1) is 11.3 Å². The SMILES string of the molecule is C[C@H](NC(=O)c1ccncc1)[C@H](c1cccs1)N1CCN(c2ccc(F)cc2)CC1. The predicted octanol–water partition coefficient (Wildman–Crippen LogP) is 3.96. The van der Waals surface area contributed by atoms with Crippen LogP contribution in [0.3, 0.4) is 0 Å². The molecule has 156 valence electrons. The molecule has 1 amide bonds. The van der Waals surface area contributed by atoms with Crippen LogP contribution < -0.4 is 10.2 Å². The van der Waals surface area contributed by atoms with E-state index in [0.29, 0.717) is 5.56 Å². The van der Waals surface area contributed by atoms with E-state index < -0.39 is 0 Å². The van der Waals surface area contributed by atoms with Gasteiger partial charge in [-0.1, -0.05) is 6.07 Å². The topological polar surface area (TPSA) is 48.5 Å². The highest BCUT2D eigenvalue weighted by Gasteiger charge is 2.31. The molecule has 2 atom stereocenters. The molecule has 1 N–H and O–H groups in total. The number of carbonyl (C=O) groups excluding carboxylic acids is 1. The quantitative estimate of drug-likeness (QED) is 0.651. The summed E-state index contributed by atoms with van der Waals surface area (Å²) < 4.78 is 13.2. The highest BCUT2D eigenvalue weighted by Crippen LogP contribution is 2.30. The molecule has 0 radical (unpaired) electrons. The first-order chi connectivity index (χ1) is 14.6. The van der Waals surface area contributed by atoms with E-state index in [-0.39, 0.29) is 23.8 Å². The molecule has 1 fully saturated rings. The van der Waals surface area contributed by atoms with Gasteiger partial charge < -0.3 is 10.2 Å². The number of hydrogen-bond donors (Lipinski definition) is 1. The lowest BCUT2D eigenvalue weighted by Crippen LogP contribution is -2.52. The third-order valence-corrected chi connectivity index (χ3v) is 6.45. The van der Waals surface area contributed by atoms with Crippen LogP contribution in [0.4, 0.5) is 10.1 Å². The van der Waals surface area contributed by atoms with Gasteiger partial charge in [0.1, 0.15) is 5.82 Å². The number of halogens is 1. The lowest BCUT2D eigenvalue weighted by molar-refractivity contribution is 0.0890. The maximum atomic E-state index is 13.2. The summed E-state index contributed by atoms with van der Waals surface area (Å²) in [6.45, 7) is 5.53. The van der Waals surface area contributed by atoms with E-state index in [9.17, 15) is 9.18 Å². The van der Waals surface area contributed by atoms with Crippen LogP contribution in [0.15, 0.2) is 66.3 Å². The van der Waals surface area contributed by atoms with Crippen LogP contribution in [-0.4, -0.2) is 48.0 Å². The van der Waals surface area contributed by atoms with Crippen LogP contribution in [0.2, 0.25) is 0 Å². The third kappa shape index (κ3) is 4.68. The normalized spacial score (nSPS) is 16.8. The minimum absolute atomic E-state index is 0.0540. The molecule has 7 heteroatoms. The number of nitrogens with one attached hydrogen (secondary N) is 1. The number of amides is 1. The summed E-state index contributed by atoms with van der Waals surface area (Å²) in [7, 11) is 0. The van der Waals surface area contributed by atoms with Crippen molar-refractivity contribution in [1.29, 1.82) is 0 Å². The molecule has 3 aromatic rings. The fraction of sp³-hybridized carbons (Fsp3) is 0.304. The molecule has 0 bridgehead atoms. The summed E-state index contributed by atoms with van der Waals surface area (Å²) in [5, 5.41) is 5.25. The van der Waals surface area contributed by atoms with Gasteiger partial charge in [-0.3, -0.25) is 14.7 Å². The van der Waals surface area contributed by atoms with Gasteiger partial charge in [0.2, 0.25) is 0 Å². The first-order valence-electron chi connectivity index (χ1n) is 10.1. The highest BCUT2D eigenvalue weighted by atomic mass is 32.1. The molecule has 2 aromatic heterocycles. The fourth-order valence-corrected chi connectivity index (χ4v) is 4.95. The number of nitrogens with zero attached hydrogens (tertiary/aromatic N) is 3. The molecule has 30 heavy (non-hydrogen) atoms. The Hall–Kier alpha value is -2.77. The van der Waals surface area contributed by atoms with Crippen molar-refractivity contribution in [2.24, 2.45) is 0 Å². The molecule has 1 aromatic carbocycles. The maximum absolute atomic E-state index is 13.2. The smallest absolute Gasteiger partial charge is 0.251 e. The van der Waals surface area contributed by atoms with Gasteiger partial charge in [-0.25, -0.2) is 4.39 Å². The van der Waals surface area contributed by atoms with Gasteiger partial charge in [0.25, 0.3) is 5.91 Å². The largest absolute Gasteiger partial charge is 0.369 e. The molecule has 0 saturated carbocycles. The van der Waals surface area contributed by atoms with E-state index in [1.807, 2.05) is 12.1 Å². The monoisotopic (exact) mass is 424 g/mol. The van der Waals surface area contributed by atoms with E-state index in [4.69, 9.17) is 0 Å². The predicted molar refractivity (Wildman–Crippen MR) is 118 cm³/mol. The molecule has 4 rings (SSSR count). The standard InChI is InChI=1S/C23H25FN4OS/c1-17(26-23(29)18-8-10-25-11-9-18)22(21-3-2-16-30-21)28-14-12-27(13-15-28)20-6-4-19(24)5-7-20/h2-11,16-17,22H,12-15H2,1H3,(H,26,29)/t17-,22+/m0/s1. The molecule has 1 aliphatic heterocycles. The van der Waals surface area contributed by atoms with Crippen molar-refractivity contribution in [1.82, 2.24) is 15.2 Å². The Morgan fingerprint density at radius 1 is 1.07 bits per heavy atom. The lowest BCUT2D eigenvalue weighted by Gasteiger charge is -2.42. The number of thiophene rings is 1. The number of carbonyl (C=O) groups is 1. The second-order valence-corrected chi connectivity index (χ2v) is 8.44. The number of hydrogen-bond acceptors (Lipinski definition) is 5. The van der Waals surface area contributed by atoms with Crippen LogP contribution in [0.1, 0.15) is 28.2 Å². The zero-order chi connectivity index (χ0) is 20.9. The number of aromatic nitrogens is 1. The average molecular weight is 425 g/mol. The Morgan fingerprint density at radius 2 is 1.77 bits per heavy atom. The number of benzene rings is 1. The molecule has 0 aliphatic carbocycles. The summed E-state index contributed by atoms with van der Waals surface area (Å²) in [6, 6.07) is 14.4. The van der Waals surface area contributed by atoms with Gasteiger partial charge in [-0.05, 0) is 54.8 Å². The fourth-order valence-electron chi connectivity index (χ4n) is 3.98. The van der Waals surface area contributed by atoms with Gasteiger partial charge >= 0.3 is 0 Å². The van der Waals surface area contributed by atoms with E-state index >= 15 is 0 Å². The molecular weight excluding hydrogens is 399 g/mol. The number of pyridine rings is 1. The van der Waals surface area contributed by atoms with Crippen LogP contribution in [0, 0.1) is 5.82 Å². The third-order valence-electron chi connectivity index (χ3n) is 5.51. The Balaban J connectivity index is 1.45. The second-order valence-electron chi connectivity index (χ2n) is 7.46. The van der Waals surface area contributed by atoms with Crippen molar-refractivity contribution < 1.29 is 9.18 Å². The van der Waals surface area contributed by atoms with Gasteiger partial charge in [0, 0.05) is 60.7 Å². The van der Waals surface area contributed by atoms with Crippen LogP contribution >= 0.6 is 11.3 Å². The zero-order valence-electron chi connectivity index (χ0n) is 16.9. The molecule has 1 aliphatic rings. The molecular formula is C23H25FN4OS. The average Bonchev–Trinajstić information content (AvgIpc) is 3.30. The molecule has 5 nitrogen and oxygen atoms in total. The molecule has 0 spiro atoms. The minimum atomic E-state index is -0.214. The first-order valence-corrected chi connectivity index (χ1v) is 11.0. The number of rotatable bonds is 6. The van der Waals surface area contributed by atoms with Crippen molar-refractivity contribution in [3.63, 3.8) is 0 Å².